The van der Waals surface area contributed by atoms with Crippen molar-refractivity contribution in [3.8, 4) is 0 Å². The molecule has 1 heterocycles. The van der Waals surface area contributed by atoms with Gasteiger partial charge in [-0.05, 0) is 12.8 Å². The van der Waals surface area contributed by atoms with Crippen molar-refractivity contribution in [2.75, 3.05) is 25.6 Å². The summed E-state index contributed by atoms with van der Waals surface area (Å²) < 4.78 is 5.18. The number of hydrogen-bond acceptors (Lipinski definition) is 2. The van der Waals surface area contributed by atoms with Crippen LogP contribution in [0.25, 0.3) is 0 Å². The van der Waals surface area contributed by atoms with Crippen molar-refractivity contribution in [3.63, 3.8) is 0 Å². The summed E-state index contributed by atoms with van der Waals surface area (Å²) in [6.07, 6.45) is 5.37. The second-order valence-corrected chi connectivity index (χ2v) is 3.57. The summed E-state index contributed by atoms with van der Waals surface area (Å²) in [6, 6.07) is 0. The third-order valence-electron chi connectivity index (χ3n) is 2.24. The molecule has 3 nitrogen and oxygen atoms in total. The summed E-state index contributed by atoms with van der Waals surface area (Å²) in [5, 5.41) is 2.85. The highest BCUT2D eigenvalue weighted by atomic mass is 35.5. The number of amides is 1. The van der Waals surface area contributed by atoms with E-state index in [1.165, 1.54) is 0 Å². The summed E-state index contributed by atoms with van der Waals surface area (Å²) in [5.41, 5.74) is 0. The molecule has 1 saturated heterocycles. The Labute approximate surface area is 89.5 Å². The lowest BCUT2D eigenvalue weighted by Crippen LogP contribution is -2.34. The molecule has 80 valence electrons. The zero-order chi connectivity index (χ0) is 10.2. The molecule has 0 aromatic carbocycles. The van der Waals surface area contributed by atoms with Gasteiger partial charge < -0.3 is 10.1 Å². The molecule has 0 unspecified atom stereocenters. The van der Waals surface area contributed by atoms with E-state index in [9.17, 15) is 4.79 Å². The van der Waals surface area contributed by atoms with Crippen molar-refractivity contribution >= 4 is 17.5 Å². The zero-order valence-electron chi connectivity index (χ0n) is 8.17. The first-order valence-corrected chi connectivity index (χ1v) is 5.44. The average molecular weight is 218 g/mol. The SMILES string of the molecule is O=C(NC/C=C/CCl)C1CCOCC1. The van der Waals surface area contributed by atoms with Gasteiger partial charge in [0.25, 0.3) is 0 Å². The minimum Gasteiger partial charge on any atom is -0.381 e. The number of ether oxygens (including phenoxy) is 1. The van der Waals surface area contributed by atoms with Crippen molar-refractivity contribution < 1.29 is 9.53 Å². The predicted octanol–water partition coefficient (Wildman–Crippen LogP) is 1.32. The second kappa shape index (κ2) is 6.85. The molecule has 0 saturated carbocycles. The van der Waals surface area contributed by atoms with E-state index in [-0.39, 0.29) is 11.8 Å². The Morgan fingerprint density at radius 2 is 2.14 bits per heavy atom. The maximum atomic E-state index is 11.5. The molecule has 0 aromatic rings. The Morgan fingerprint density at radius 1 is 1.43 bits per heavy atom. The van der Waals surface area contributed by atoms with E-state index in [1.54, 1.807) is 0 Å². The fraction of sp³-hybridized carbons (Fsp3) is 0.700. The summed E-state index contributed by atoms with van der Waals surface area (Å²) >= 11 is 5.45. The first kappa shape index (κ1) is 11.5. The number of carbonyl (C=O) groups is 1. The maximum Gasteiger partial charge on any atom is 0.223 e. The van der Waals surface area contributed by atoms with Crippen LogP contribution in [0.15, 0.2) is 12.2 Å². The standard InChI is InChI=1S/C10H16ClNO2/c11-5-1-2-6-12-10(13)9-3-7-14-8-4-9/h1-2,9H,3-8H2,(H,12,13)/b2-1+. The minimum atomic E-state index is 0.132. The van der Waals surface area contributed by atoms with Gasteiger partial charge in [-0.2, -0.15) is 0 Å². The number of carbonyl (C=O) groups excluding carboxylic acids is 1. The minimum absolute atomic E-state index is 0.132. The Balaban J connectivity index is 2.16. The largest absolute Gasteiger partial charge is 0.381 e. The fourth-order valence-corrected chi connectivity index (χ4v) is 1.54. The van der Waals surface area contributed by atoms with E-state index >= 15 is 0 Å². The molecule has 1 amide bonds. The van der Waals surface area contributed by atoms with E-state index in [0.29, 0.717) is 25.6 Å². The second-order valence-electron chi connectivity index (χ2n) is 3.26. The summed E-state index contributed by atoms with van der Waals surface area (Å²) in [7, 11) is 0. The van der Waals surface area contributed by atoms with Crippen LogP contribution in [0.4, 0.5) is 0 Å². The molecule has 14 heavy (non-hydrogen) atoms. The lowest BCUT2D eigenvalue weighted by molar-refractivity contribution is -0.127. The molecule has 1 aliphatic rings. The van der Waals surface area contributed by atoms with Gasteiger partial charge in [-0.1, -0.05) is 12.2 Å². The highest BCUT2D eigenvalue weighted by molar-refractivity contribution is 6.18. The summed E-state index contributed by atoms with van der Waals surface area (Å²) in [6.45, 7) is 1.98. The van der Waals surface area contributed by atoms with Gasteiger partial charge in [0.15, 0.2) is 0 Å². The number of allylic oxidation sites excluding steroid dienone is 1. The van der Waals surface area contributed by atoms with Gasteiger partial charge in [0.2, 0.25) is 5.91 Å². The number of nitrogens with one attached hydrogen (secondary N) is 1. The van der Waals surface area contributed by atoms with Gasteiger partial charge in [0.05, 0.1) is 0 Å². The van der Waals surface area contributed by atoms with Crippen LogP contribution >= 0.6 is 11.6 Å². The molecule has 1 N–H and O–H groups in total. The number of alkyl halides is 1. The zero-order valence-corrected chi connectivity index (χ0v) is 8.93. The van der Waals surface area contributed by atoms with Crippen LogP contribution in [-0.4, -0.2) is 31.5 Å². The Kier molecular flexibility index (Phi) is 5.64. The molecule has 0 radical (unpaired) electrons. The van der Waals surface area contributed by atoms with Gasteiger partial charge in [-0.25, -0.2) is 0 Å². The molecular weight excluding hydrogens is 202 g/mol. The van der Waals surface area contributed by atoms with Crippen molar-refractivity contribution in [2.45, 2.75) is 12.8 Å². The Bertz CT molecular complexity index is 200. The molecule has 1 aliphatic heterocycles. The third-order valence-corrected chi connectivity index (χ3v) is 2.42. The van der Waals surface area contributed by atoms with Gasteiger partial charge in [0, 0.05) is 31.6 Å². The third kappa shape index (κ3) is 4.11. The van der Waals surface area contributed by atoms with Crippen molar-refractivity contribution in [1.82, 2.24) is 5.32 Å². The van der Waals surface area contributed by atoms with Crippen molar-refractivity contribution in [1.29, 1.82) is 0 Å². The van der Waals surface area contributed by atoms with E-state index in [2.05, 4.69) is 5.32 Å². The maximum absolute atomic E-state index is 11.5. The summed E-state index contributed by atoms with van der Waals surface area (Å²) in [4.78, 5) is 11.5. The van der Waals surface area contributed by atoms with E-state index < -0.39 is 0 Å². The molecule has 0 spiro atoms. The molecular formula is C10H16ClNO2. The van der Waals surface area contributed by atoms with E-state index in [0.717, 1.165) is 12.8 Å². The van der Waals surface area contributed by atoms with Crippen LogP contribution in [0.5, 0.6) is 0 Å². The van der Waals surface area contributed by atoms with Gasteiger partial charge in [0.1, 0.15) is 0 Å². The monoisotopic (exact) mass is 217 g/mol. The lowest BCUT2D eigenvalue weighted by atomic mass is 9.99. The molecule has 0 aromatic heterocycles. The summed E-state index contributed by atoms with van der Waals surface area (Å²) in [5.74, 6) is 0.758. The first-order valence-electron chi connectivity index (χ1n) is 4.91. The number of rotatable bonds is 4. The normalized spacial score (nSPS) is 18.6. The highest BCUT2D eigenvalue weighted by Gasteiger charge is 2.20. The molecule has 4 heteroatoms. The molecule has 0 aliphatic carbocycles. The lowest BCUT2D eigenvalue weighted by Gasteiger charge is -2.20. The van der Waals surface area contributed by atoms with Crippen LogP contribution in [0, 0.1) is 5.92 Å². The first-order chi connectivity index (χ1) is 6.84. The van der Waals surface area contributed by atoms with Crippen LogP contribution in [0.3, 0.4) is 0 Å². The molecule has 0 atom stereocenters. The topological polar surface area (TPSA) is 38.3 Å². The highest BCUT2D eigenvalue weighted by Crippen LogP contribution is 2.14. The number of halogens is 1. The predicted molar refractivity (Wildman–Crippen MR) is 56.4 cm³/mol. The Hall–Kier alpha value is -0.540. The van der Waals surface area contributed by atoms with Crippen molar-refractivity contribution in [3.05, 3.63) is 12.2 Å². The van der Waals surface area contributed by atoms with E-state index in [1.807, 2.05) is 12.2 Å². The van der Waals surface area contributed by atoms with E-state index in [4.69, 9.17) is 16.3 Å². The smallest absolute Gasteiger partial charge is 0.223 e. The molecule has 1 fully saturated rings. The van der Waals surface area contributed by atoms with Crippen molar-refractivity contribution in [2.24, 2.45) is 5.92 Å². The average Bonchev–Trinajstić information content (AvgIpc) is 2.25. The van der Waals surface area contributed by atoms with Crippen LogP contribution in [0.1, 0.15) is 12.8 Å². The van der Waals surface area contributed by atoms with Gasteiger partial charge >= 0.3 is 0 Å². The number of hydrogen-bond donors (Lipinski definition) is 1. The molecule has 1 rings (SSSR count). The quantitative estimate of drug-likeness (QED) is 0.570. The van der Waals surface area contributed by atoms with Crippen LogP contribution < -0.4 is 5.32 Å². The van der Waals surface area contributed by atoms with Gasteiger partial charge in [-0.15, -0.1) is 11.6 Å². The van der Waals surface area contributed by atoms with Gasteiger partial charge in [-0.3, -0.25) is 4.79 Å². The van der Waals surface area contributed by atoms with Crippen LogP contribution in [-0.2, 0) is 9.53 Å². The fourth-order valence-electron chi connectivity index (χ4n) is 1.41. The Morgan fingerprint density at radius 3 is 2.79 bits per heavy atom. The molecule has 0 bridgehead atoms. The van der Waals surface area contributed by atoms with Crippen LogP contribution in [0.2, 0.25) is 0 Å².